The van der Waals surface area contributed by atoms with Gasteiger partial charge in [0, 0.05) is 43.5 Å². The Morgan fingerprint density at radius 1 is 1.26 bits per heavy atom. The Bertz CT molecular complexity index is 528. The Hall–Kier alpha value is -1.37. The van der Waals surface area contributed by atoms with E-state index in [-0.39, 0.29) is 6.42 Å². The highest BCUT2D eigenvalue weighted by atomic mass is 19.4. The summed E-state index contributed by atoms with van der Waals surface area (Å²) in [4.78, 5) is 13.1. The van der Waals surface area contributed by atoms with E-state index in [1.54, 1.807) is 12.3 Å². The minimum Gasteiger partial charge on any atom is -0.338 e. The standard InChI is InChI=1S/C16H23F3N4/c1-12-4-2-3-9-23(12)14-10-22(11-14)15-20-8-6-13(21-15)5-7-16(17,18)19/h6,8,12,14H,2-5,7,9-11H2,1H3. The number of aromatic nitrogens is 2. The van der Waals surface area contributed by atoms with E-state index in [2.05, 4.69) is 26.7 Å². The topological polar surface area (TPSA) is 32.3 Å². The van der Waals surface area contributed by atoms with Crippen molar-refractivity contribution in [2.45, 2.75) is 57.3 Å². The number of rotatable bonds is 4. The van der Waals surface area contributed by atoms with Crippen molar-refractivity contribution in [3.63, 3.8) is 0 Å². The summed E-state index contributed by atoms with van der Waals surface area (Å²) in [6.07, 6.45) is 0.307. The van der Waals surface area contributed by atoms with E-state index in [4.69, 9.17) is 0 Å². The molecule has 4 nitrogen and oxygen atoms in total. The van der Waals surface area contributed by atoms with Gasteiger partial charge in [0.1, 0.15) is 0 Å². The molecule has 0 bridgehead atoms. The van der Waals surface area contributed by atoms with Crippen molar-refractivity contribution in [3.05, 3.63) is 18.0 Å². The molecule has 23 heavy (non-hydrogen) atoms. The Kier molecular flexibility index (Phi) is 4.75. The molecular formula is C16H23F3N4. The number of halogens is 3. The van der Waals surface area contributed by atoms with Gasteiger partial charge in [-0.1, -0.05) is 6.42 Å². The summed E-state index contributed by atoms with van der Waals surface area (Å²) in [5, 5.41) is 0. The van der Waals surface area contributed by atoms with Gasteiger partial charge in [0.15, 0.2) is 0 Å². The minimum absolute atomic E-state index is 0.0839. The van der Waals surface area contributed by atoms with E-state index in [1.807, 2.05) is 0 Å². The summed E-state index contributed by atoms with van der Waals surface area (Å²) >= 11 is 0. The first-order chi connectivity index (χ1) is 10.9. The van der Waals surface area contributed by atoms with Crippen LogP contribution in [0.2, 0.25) is 0 Å². The Morgan fingerprint density at radius 3 is 2.74 bits per heavy atom. The second-order valence-electron chi connectivity index (χ2n) is 6.60. The number of anilines is 1. The molecule has 1 atom stereocenters. The van der Waals surface area contributed by atoms with Gasteiger partial charge in [0.25, 0.3) is 0 Å². The highest BCUT2D eigenvalue weighted by molar-refractivity contribution is 5.36. The lowest BCUT2D eigenvalue weighted by molar-refractivity contribution is -0.134. The summed E-state index contributed by atoms with van der Waals surface area (Å²) in [5.41, 5.74) is 0.460. The number of hydrogen-bond donors (Lipinski definition) is 0. The van der Waals surface area contributed by atoms with Crippen LogP contribution in [0.3, 0.4) is 0 Å². The van der Waals surface area contributed by atoms with Gasteiger partial charge in [-0.2, -0.15) is 13.2 Å². The molecule has 0 spiro atoms. The van der Waals surface area contributed by atoms with Gasteiger partial charge in [-0.3, -0.25) is 4.90 Å². The van der Waals surface area contributed by atoms with Crippen molar-refractivity contribution >= 4 is 5.95 Å². The zero-order chi connectivity index (χ0) is 16.4. The second-order valence-corrected chi connectivity index (χ2v) is 6.60. The summed E-state index contributed by atoms with van der Waals surface area (Å²) in [7, 11) is 0. The lowest BCUT2D eigenvalue weighted by Gasteiger charge is -2.49. The van der Waals surface area contributed by atoms with E-state index < -0.39 is 12.6 Å². The highest BCUT2D eigenvalue weighted by Gasteiger charge is 2.36. The molecule has 128 valence electrons. The van der Waals surface area contributed by atoms with Crippen LogP contribution in [-0.2, 0) is 6.42 Å². The van der Waals surface area contributed by atoms with Crippen LogP contribution in [0, 0.1) is 0 Å². The SMILES string of the molecule is CC1CCCCN1C1CN(c2nccc(CCC(F)(F)F)n2)C1. The second kappa shape index (κ2) is 6.63. The molecule has 7 heteroatoms. The molecule has 0 saturated carbocycles. The first kappa shape index (κ1) is 16.5. The molecule has 0 amide bonds. The maximum atomic E-state index is 12.3. The van der Waals surface area contributed by atoms with E-state index in [1.165, 1.54) is 19.3 Å². The van der Waals surface area contributed by atoms with Crippen LogP contribution in [0.25, 0.3) is 0 Å². The number of likely N-dealkylation sites (tertiary alicyclic amines) is 1. The zero-order valence-electron chi connectivity index (χ0n) is 13.4. The molecule has 1 aromatic rings. The van der Waals surface area contributed by atoms with Gasteiger partial charge in [0.05, 0.1) is 0 Å². The largest absolute Gasteiger partial charge is 0.389 e. The maximum Gasteiger partial charge on any atom is 0.389 e. The van der Waals surface area contributed by atoms with Crippen molar-refractivity contribution in [2.75, 3.05) is 24.5 Å². The quantitative estimate of drug-likeness (QED) is 0.850. The third kappa shape index (κ3) is 4.13. The molecular weight excluding hydrogens is 305 g/mol. The van der Waals surface area contributed by atoms with Crippen molar-refractivity contribution < 1.29 is 13.2 Å². The monoisotopic (exact) mass is 328 g/mol. The van der Waals surface area contributed by atoms with Gasteiger partial charge < -0.3 is 4.90 Å². The van der Waals surface area contributed by atoms with Crippen molar-refractivity contribution in [1.82, 2.24) is 14.9 Å². The molecule has 3 heterocycles. The third-order valence-electron chi connectivity index (χ3n) is 4.83. The highest BCUT2D eigenvalue weighted by Crippen LogP contribution is 2.27. The van der Waals surface area contributed by atoms with Crippen molar-refractivity contribution in [3.8, 4) is 0 Å². The average Bonchev–Trinajstić information content (AvgIpc) is 2.45. The fourth-order valence-electron chi connectivity index (χ4n) is 3.44. The van der Waals surface area contributed by atoms with Crippen molar-refractivity contribution in [2.24, 2.45) is 0 Å². The Balaban J connectivity index is 1.55. The van der Waals surface area contributed by atoms with E-state index in [9.17, 15) is 13.2 Å². The molecule has 2 saturated heterocycles. The van der Waals surface area contributed by atoms with Gasteiger partial charge in [0.2, 0.25) is 5.95 Å². The van der Waals surface area contributed by atoms with Crippen LogP contribution < -0.4 is 4.90 Å². The minimum atomic E-state index is -4.14. The number of piperidine rings is 1. The molecule has 2 aliphatic heterocycles. The van der Waals surface area contributed by atoms with E-state index >= 15 is 0 Å². The average molecular weight is 328 g/mol. The lowest BCUT2D eigenvalue weighted by atomic mass is 9.98. The van der Waals surface area contributed by atoms with Crippen LogP contribution >= 0.6 is 0 Å². The van der Waals surface area contributed by atoms with Gasteiger partial charge in [-0.15, -0.1) is 0 Å². The molecule has 0 aromatic carbocycles. The number of hydrogen-bond acceptors (Lipinski definition) is 4. The first-order valence-electron chi connectivity index (χ1n) is 8.32. The molecule has 1 unspecified atom stereocenters. The van der Waals surface area contributed by atoms with Crippen LogP contribution in [0.15, 0.2) is 12.3 Å². The molecule has 3 rings (SSSR count). The van der Waals surface area contributed by atoms with E-state index in [0.717, 1.165) is 19.6 Å². The first-order valence-corrected chi connectivity index (χ1v) is 8.32. The van der Waals surface area contributed by atoms with Gasteiger partial charge in [-0.25, -0.2) is 9.97 Å². The van der Waals surface area contributed by atoms with Crippen molar-refractivity contribution in [1.29, 1.82) is 0 Å². The molecule has 0 radical (unpaired) electrons. The lowest BCUT2D eigenvalue weighted by Crippen LogP contribution is -2.62. The smallest absolute Gasteiger partial charge is 0.338 e. The predicted octanol–water partition coefficient (Wildman–Crippen LogP) is 3.03. The summed E-state index contributed by atoms with van der Waals surface area (Å²) in [5.74, 6) is 0.561. The van der Waals surface area contributed by atoms with Crippen LogP contribution in [-0.4, -0.2) is 52.8 Å². The molecule has 1 aromatic heterocycles. The summed E-state index contributed by atoms with van der Waals surface area (Å²) < 4.78 is 36.9. The van der Waals surface area contributed by atoms with Crippen LogP contribution in [0.4, 0.5) is 19.1 Å². The zero-order valence-corrected chi connectivity index (χ0v) is 13.4. The number of alkyl halides is 3. The summed E-state index contributed by atoms with van der Waals surface area (Å²) in [6.45, 7) is 5.16. The fourth-order valence-corrected chi connectivity index (χ4v) is 3.44. The summed E-state index contributed by atoms with van der Waals surface area (Å²) in [6, 6.07) is 2.71. The van der Waals surface area contributed by atoms with Crippen LogP contribution in [0.5, 0.6) is 0 Å². The number of aryl methyl sites for hydroxylation is 1. The molecule has 2 fully saturated rings. The fraction of sp³-hybridized carbons (Fsp3) is 0.750. The van der Waals surface area contributed by atoms with Gasteiger partial charge >= 0.3 is 6.18 Å². The molecule has 0 aliphatic carbocycles. The van der Waals surface area contributed by atoms with Crippen LogP contribution in [0.1, 0.15) is 38.3 Å². The van der Waals surface area contributed by atoms with Gasteiger partial charge in [-0.05, 0) is 38.8 Å². The molecule has 0 N–H and O–H groups in total. The normalized spacial score (nSPS) is 23.8. The predicted molar refractivity (Wildman–Crippen MR) is 82.4 cm³/mol. The van der Waals surface area contributed by atoms with E-state index in [0.29, 0.717) is 23.7 Å². The third-order valence-corrected chi connectivity index (χ3v) is 4.83. The Morgan fingerprint density at radius 2 is 2.04 bits per heavy atom. The molecule has 2 aliphatic rings. The Labute approximate surface area is 134 Å². The maximum absolute atomic E-state index is 12.3. The number of nitrogens with zero attached hydrogens (tertiary/aromatic N) is 4.